The third kappa shape index (κ3) is 6.61. The molecular weight excluding hydrogens is 535 g/mol. The van der Waals surface area contributed by atoms with E-state index in [1.165, 1.54) is 5.69 Å². The monoisotopic (exact) mass is 562 g/mol. The molecule has 28 heavy (non-hydrogen) atoms. The zero-order valence-electron chi connectivity index (χ0n) is 16.3. The fourth-order valence-corrected chi connectivity index (χ4v) is 3.72. The minimum atomic E-state index is 0. The normalized spacial score (nSPS) is 16.8. The minimum Gasteiger partial charge on any atom is -0.368 e. The van der Waals surface area contributed by atoms with Crippen LogP contribution in [0.3, 0.4) is 0 Å². The van der Waals surface area contributed by atoms with Gasteiger partial charge in [0.15, 0.2) is 11.8 Å². The second-order valence-corrected chi connectivity index (χ2v) is 7.48. The van der Waals surface area contributed by atoms with Gasteiger partial charge in [0.25, 0.3) is 0 Å². The van der Waals surface area contributed by atoms with Crippen LogP contribution < -0.4 is 15.5 Å². The summed E-state index contributed by atoms with van der Waals surface area (Å²) >= 11 is 3.65. The zero-order valence-corrected chi connectivity index (χ0v) is 20.2. The summed E-state index contributed by atoms with van der Waals surface area (Å²) < 4.78 is 6.28. The molecule has 3 rings (SSSR count). The number of aryl methyl sites for hydroxylation is 2. The number of nitrogens with zero attached hydrogens (tertiary/aromatic N) is 4. The van der Waals surface area contributed by atoms with Gasteiger partial charge >= 0.3 is 0 Å². The first-order valence-corrected chi connectivity index (χ1v) is 10.3. The lowest BCUT2D eigenvalue weighted by molar-refractivity contribution is 0.372. The van der Waals surface area contributed by atoms with Gasteiger partial charge in [0, 0.05) is 43.1 Å². The summed E-state index contributed by atoms with van der Waals surface area (Å²) in [4.78, 5) is 11.3. The van der Waals surface area contributed by atoms with Crippen LogP contribution in [0.25, 0.3) is 0 Å². The Labute approximate surface area is 191 Å². The van der Waals surface area contributed by atoms with E-state index >= 15 is 0 Å². The Morgan fingerprint density at radius 3 is 2.93 bits per heavy atom. The van der Waals surface area contributed by atoms with Crippen LogP contribution in [-0.4, -0.2) is 48.3 Å². The fraction of sp³-hybridized carbons (Fsp3) is 0.526. The Balaban J connectivity index is 0.00000280. The summed E-state index contributed by atoms with van der Waals surface area (Å²) in [7, 11) is 0. The number of aliphatic imine (C=N–C) groups is 1. The van der Waals surface area contributed by atoms with E-state index in [4.69, 9.17) is 9.52 Å². The highest BCUT2D eigenvalue weighted by Gasteiger charge is 2.24. The van der Waals surface area contributed by atoms with E-state index in [1.807, 2.05) is 13.0 Å². The highest BCUT2D eigenvalue weighted by Crippen LogP contribution is 2.28. The molecule has 2 aromatic rings. The van der Waals surface area contributed by atoms with E-state index in [2.05, 4.69) is 66.7 Å². The average molecular weight is 563 g/mol. The van der Waals surface area contributed by atoms with E-state index < -0.39 is 0 Å². The van der Waals surface area contributed by atoms with Crippen molar-refractivity contribution in [3.8, 4) is 0 Å². The number of hydrogen-bond donors (Lipinski definition) is 2. The van der Waals surface area contributed by atoms with Gasteiger partial charge in [-0.25, -0.2) is 0 Å². The molecule has 0 bridgehead atoms. The second kappa shape index (κ2) is 11.6. The Kier molecular flexibility index (Phi) is 9.49. The molecular formula is C19H28BrIN6O. The van der Waals surface area contributed by atoms with E-state index in [1.54, 1.807) is 0 Å². The van der Waals surface area contributed by atoms with Crippen molar-refractivity contribution in [2.45, 2.75) is 39.2 Å². The van der Waals surface area contributed by atoms with Crippen molar-refractivity contribution in [2.75, 3.05) is 31.1 Å². The summed E-state index contributed by atoms with van der Waals surface area (Å²) in [6.45, 7) is 7.48. The molecule has 1 aliphatic rings. The van der Waals surface area contributed by atoms with Gasteiger partial charge in [0.05, 0.1) is 5.69 Å². The Morgan fingerprint density at radius 2 is 2.21 bits per heavy atom. The summed E-state index contributed by atoms with van der Waals surface area (Å²) in [6, 6.07) is 8.76. The van der Waals surface area contributed by atoms with Crippen molar-refractivity contribution >= 4 is 51.6 Å². The molecule has 0 aliphatic carbocycles. The van der Waals surface area contributed by atoms with Crippen LogP contribution >= 0.6 is 39.9 Å². The standard InChI is InChI=1S/C19H27BrN6O.HI/c1-3-21-19(22-11-6-9-18-23-14(2)25-27-18)24-15-10-12-26(13-15)17-8-5-4-7-16(17)20;/h4-5,7-8,15H,3,6,9-13H2,1-2H3,(H2,21,22,24);1H. The molecule has 7 nitrogen and oxygen atoms in total. The summed E-state index contributed by atoms with van der Waals surface area (Å²) in [6.07, 6.45) is 2.72. The van der Waals surface area contributed by atoms with Crippen LogP contribution in [0.5, 0.6) is 0 Å². The molecule has 2 N–H and O–H groups in total. The lowest BCUT2D eigenvalue weighted by Crippen LogP contribution is -2.44. The highest BCUT2D eigenvalue weighted by molar-refractivity contribution is 14.0. The number of hydrogen-bond acceptors (Lipinski definition) is 5. The molecule has 1 saturated heterocycles. The molecule has 0 amide bonds. The van der Waals surface area contributed by atoms with Crippen molar-refractivity contribution < 1.29 is 4.52 Å². The number of anilines is 1. The van der Waals surface area contributed by atoms with Crippen LogP contribution in [0.15, 0.2) is 38.3 Å². The summed E-state index contributed by atoms with van der Waals surface area (Å²) in [5.74, 6) is 2.23. The van der Waals surface area contributed by atoms with Gasteiger partial charge in [-0.15, -0.1) is 24.0 Å². The maximum Gasteiger partial charge on any atom is 0.226 e. The lowest BCUT2D eigenvalue weighted by Gasteiger charge is -2.21. The van der Waals surface area contributed by atoms with Gasteiger partial charge in [0.2, 0.25) is 5.89 Å². The molecule has 0 saturated carbocycles. The molecule has 1 aliphatic heterocycles. The second-order valence-electron chi connectivity index (χ2n) is 6.63. The molecule has 0 radical (unpaired) electrons. The molecule has 1 aromatic carbocycles. The first-order chi connectivity index (χ1) is 13.2. The van der Waals surface area contributed by atoms with Gasteiger partial charge < -0.3 is 20.1 Å². The van der Waals surface area contributed by atoms with Crippen molar-refractivity contribution in [1.82, 2.24) is 20.8 Å². The van der Waals surface area contributed by atoms with Gasteiger partial charge in [0.1, 0.15) is 0 Å². The molecule has 1 atom stereocenters. The molecule has 1 aromatic heterocycles. The van der Waals surface area contributed by atoms with Crippen molar-refractivity contribution in [3.63, 3.8) is 0 Å². The van der Waals surface area contributed by atoms with Crippen LogP contribution in [0.4, 0.5) is 5.69 Å². The first-order valence-electron chi connectivity index (χ1n) is 9.49. The number of nitrogens with one attached hydrogen (secondary N) is 2. The minimum absolute atomic E-state index is 0. The van der Waals surface area contributed by atoms with Gasteiger partial charge in [-0.3, -0.25) is 4.99 Å². The molecule has 1 unspecified atom stereocenters. The summed E-state index contributed by atoms with van der Waals surface area (Å²) in [5, 5.41) is 10.7. The number of benzene rings is 1. The number of guanidine groups is 1. The molecule has 2 heterocycles. The number of aromatic nitrogens is 2. The van der Waals surface area contributed by atoms with Crippen molar-refractivity contribution in [2.24, 2.45) is 4.99 Å². The van der Waals surface area contributed by atoms with E-state index in [-0.39, 0.29) is 24.0 Å². The zero-order chi connectivity index (χ0) is 19.1. The third-order valence-corrected chi connectivity index (χ3v) is 5.13. The molecule has 1 fully saturated rings. The average Bonchev–Trinajstić information content (AvgIpc) is 3.28. The Bertz CT molecular complexity index is 768. The number of rotatable bonds is 7. The fourth-order valence-electron chi connectivity index (χ4n) is 3.18. The highest BCUT2D eigenvalue weighted by atomic mass is 127. The largest absolute Gasteiger partial charge is 0.368 e. The smallest absolute Gasteiger partial charge is 0.226 e. The Hall–Kier alpha value is -1.36. The van der Waals surface area contributed by atoms with Crippen LogP contribution in [-0.2, 0) is 6.42 Å². The molecule has 154 valence electrons. The molecule has 0 spiro atoms. The maximum atomic E-state index is 5.14. The van der Waals surface area contributed by atoms with Gasteiger partial charge in [-0.2, -0.15) is 4.98 Å². The third-order valence-electron chi connectivity index (χ3n) is 4.45. The van der Waals surface area contributed by atoms with Crippen LogP contribution in [0, 0.1) is 6.92 Å². The summed E-state index contributed by atoms with van der Waals surface area (Å²) in [5.41, 5.74) is 1.25. The van der Waals surface area contributed by atoms with Gasteiger partial charge in [-0.1, -0.05) is 17.3 Å². The van der Waals surface area contributed by atoms with Crippen LogP contribution in [0.1, 0.15) is 31.5 Å². The van der Waals surface area contributed by atoms with Crippen LogP contribution in [0.2, 0.25) is 0 Å². The van der Waals surface area contributed by atoms with Crippen molar-refractivity contribution in [1.29, 1.82) is 0 Å². The predicted octanol–water partition coefficient (Wildman–Crippen LogP) is 3.53. The lowest BCUT2D eigenvalue weighted by atomic mass is 10.2. The van der Waals surface area contributed by atoms with E-state index in [0.717, 1.165) is 55.9 Å². The Morgan fingerprint density at radius 1 is 1.39 bits per heavy atom. The van der Waals surface area contributed by atoms with Crippen molar-refractivity contribution in [3.05, 3.63) is 40.5 Å². The first kappa shape index (κ1) is 22.9. The number of halogens is 2. The topological polar surface area (TPSA) is 78.6 Å². The maximum absolute atomic E-state index is 5.14. The molecule has 9 heteroatoms. The number of para-hydroxylation sites is 1. The quantitative estimate of drug-likeness (QED) is 0.233. The SMILES string of the molecule is CCNC(=NCCCc1nc(C)no1)NC1CCN(c2ccccc2Br)C1.I. The van der Waals surface area contributed by atoms with Gasteiger partial charge in [-0.05, 0) is 54.8 Å². The van der Waals surface area contributed by atoms with E-state index in [9.17, 15) is 0 Å². The predicted molar refractivity (Wildman–Crippen MR) is 127 cm³/mol. The van der Waals surface area contributed by atoms with E-state index in [0.29, 0.717) is 17.8 Å².